The van der Waals surface area contributed by atoms with Gasteiger partial charge in [-0.05, 0) is 305 Å². The summed E-state index contributed by atoms with van der Waals surface area (Å²) >= 11 is 0. The van der Waals surface area contributed by atoms with Gasteiger partial charge in [-0.25, -0.2) is 0 Å². The summed E-state index contributed by atoms with van der Waals surface area (Å²) in [5, 5.41) is 0. The largest absolute Gasteiger partial charge is 0.398 e. The van der Waals surface area contributed by atoms with Gasteiger partial charge in [0.2, 0.25) is 0 Å². The van der Waals surface area contributed by atoms with Crippen molar-refractivity contribution in [2.24, 2.45) is 0 Å². The average Bonchev–Trinajstić information content (AvgIpc) is 1.05. The third kappa shape index (κ3) is 82.4. The molecule has 0 aromatic rings. The minimum atomic E-state index is -0.832. The summed E-state index contributed by atoms with van der Waals surface area (Å²) in [7, 11) is 0. The lowest BCUT2D eigenvalue weighted by molar-refractivity contribution is 1.92. The van der Waals surface area contributed by atoms with E-state index in [0.717, 1.165) is 0 Å². The van der Waals surface area contributed by atoms with E-state index in [-0.39, 0.29) is 0 Å². The van der Waals surface area contributed by atoms with Crippen LogP contribution < -0.4 is 0 Å². The maximum Gasteiger partial charge on any atom is 0.398 e. The van der Waals surface area contributed by atoms with Crippen molar-refractivity contribution in [3.63, 3.8) is 0 Å². The zero-order valence-electron chi connectivity index (χ0n) is 57.6. The lowest BCUT2D eigenvalue weighted by Gasteiger charge is -1.78. The molecule has 0 radical (unpaired) electrons. The fraction of sp³-hybridized carbons (Fsp3) is 0.0270. The molecule has 0 bridgehead atoms. The predicted octanol–water partition coefficient (Wildman–Crippen LogP) is 1.34. The van der Waals surface area contributed by atoms with Crippen LogP contribution in [-0.4, -0.2) is 6.71 Å². The molecule has 0 aromatic carbocycles. The van der Waals surface area contributed by atoms with Crippen molar-refractivity contribution in [1.29, 1.82) is 0 Å². The highest BCUT2D eigenvalue weighted by Gasteiger charge is 2.00. The van der Waals surface area contributed by atoms with Crippen LogP contribution in [0.25, 0.3) is 0 Å². The van der Waals surface area contributed by atoms with Gasteiger partial charge in [0.25, 0.3) is 0 Å². The summed E-state index contributed by atoms with van der Waals surface area (Å²) in [6, 6.07) is 0. The van der Waals surface area contributed by atoms with Gasteiger partial charge >= 0.3 is 6.71 Å². The maximum absolute atomic E-state index is 2.79. The van der Waals surface area contributed by atoms with Gasteiger partial charge < -0.3 is 0 Å². The highest BCUT2D eigenvalue weighted by Crippen LogP contribution is 1.76. The Hall–Kier alpha value is -23.7. The number of hydrogen-bond acceptors (Lipinski definition) is 0. The molecule has 456 valence electrons. The van der Waals surface area contributed by atoms with Crippen LogP contribution in [0.2, 0.25) is 0 Å². The molecule has 0 atom stereocenters. The number of rotatable bonds is 0. The normalized spacial score (nSPS) is 4.10. The van der Waals surface area contributed by atoms with Gasteiger partial charge in [-0.1, -0.05) is 17.8 Å². The maximum atomic E-state index is 2.79. The van der Waals surface area contributed by atoms with Crippen LogP contribution in [0.4, 0.5) is 0 Å². The monoisotopic (exact) mass is 1350 g/mol. The Kier molecular flexibility index (Phi) is 67.3. The van der Waals surface area contributed by atoms with E-state index in [4.69, 9.17) is 0 Å². The Bertz CT molecular complexity index is 7200. The summed E-state index contributed by atoms with van der Waals surface area (Å²) in [5.74, 6) is 273. The minimum Gasteiger partial charge on any atom is -0.106 e. The lowest BCUT2D eigenvalue weighted by atomic mass is 9.52. The molecule has 112 heavy (non-hydrogen) atoms. The van der Waals surface area contributed by atoms with E-state index in [9.17, 15) is 0 Å². The molecule has 0 saturated carbocycles. The molecular formula is C111H9B. The van der Waals surface area contributed by atoms with Crippen LogP contribution in [0.3, 0.4) is 0 Å². The molecule has 0 fully saturated rings. The summed E-state index contributed by atoms with van der Waals surface area (Å²) in [5.41, 5.74) is 0. The quantitative estimate of drug-likeness (QED) is 0.254. The Morgan fingerprint density at radius 1 is 0.0714 bits per heavy atom. The highest BCUT2D eigenvalue weighted by molar-refractivity contribution is 6.83. The predicted molar refractivity (Wildman–Crippen MR) is 443 cm³/mol. The SMILES string of the molecule is CC#CC#CC#CC#CC#CC#CC#CC#CC#CC#CC#CC#CC#CC#CC#CC#CC#CC#CB(C#CC#CC#CC#CC#CC#CC#CC#CC#CC#CC#CC#CC#CC#CC#CC#CC#CC#CC)C#CC#CC#CC#CC#CC#CC#CC#CC#CC#CC#CC#CC#CC#CC#CC#CC#CC#CC. The Balaban J connectivity index is 5.96. The fourth-order valence-electron chi connectivity index (χ4n) is 3.62. The molecule has 1 heteroatoms. The van der Waals surface area contributed by atoms with E-state index in [0.29, 0.717) is 0 Å². The summed E-state index contributed by atoms with van der Waals surface area (Å²) < 4.78 is 0. The molecule has 0 saturated heterocycles. The molecule has 0 aromatic heterocycles. The van der Waals surface area contributed by atoms with Crippen molar-refractivity contribution < 1.29 is 0 Å². The molecule has 0 amide bonds. The van der Waals surface area contributed by atoms with E-state index in [2.05, 4.69) is 639 Å². The van der Waals surface area contributed by atoms with E-state index < -0.39 is 6.71 Å². The molecule has 0 aliphatic rings. The minimum absolute atomic E-state index is 0.832. The van der Waals surface area contributed by atoms with E-state index in [1.54, 1.807) is 20.8 Å². The van der Waals surface area contributed by atoms with Crippen LogP contribution in [0.15, 0.2) is 0 Å². The van der Waals surface area contributed by atoms with Crippen molar-refractivity contribution in [3.8, 4) is 639 Å². The first-order valence-electron chi connectivity index (χ1n) is 28.6. The van der Waals surface area contributed by atoms with Crippen molar-refractivity contribution in [3.05, 3.63) is 0 Å². The van der Waals surface area contributed by atoms with E-state index in [1.807, 2.05) is 0 Å². The topological polar surface area (TPSA) is 0 Å². The Labute approximate surface area is 662 Å². The van der Waals surface area contributed by atoms with Crippen LogP contribution in [0, 0.1) is 639 Å². The lowest BCUT2D eigenvalue weighted by Crippen LogP contribution is -2.03. The third-order valence-corrected chi connectivity index (χ3v) is 7.21. The van der Waals surface area contributed by atoms with Crippen LogP contribution in [-0.2, 0) is 0 Å². The van der Waals surface area contributed by atoms with Crippen LogP contribution in [0.1, 0.15) is 20.8 Å². The standard InChI is InChI=1S/C111H9B/c1-4-7-10-13-16-19-22-25-28-31-34-37-40-43-46-49-52-55-58-61-64-67-70-73-76-79-82-85-88-91-94-97-100-103-106-109-112(110-107-104-101-98-95-92-89-86-83-80-77-74-71-68-65-62-59-56-53-50-47-44-41-38-35-32-29-26-23-20-17-14-11-8-5-2)111-108-105-102-99-96-93-90-87-84-81-78-75-72-69-66-63-60-57-54-51-48-45-42-39-36-33-30-27-24-21-18-15-12-9-6-3/h1-3H3. The van der Waals surface area contributed by atoms with Gasteiger partial charge in [0.05, 0.1) is 0 Å². The van der Waals surface area contributed by atoms with Gasteiger partial charge in [0.15, 0.2) is 0 Å². The first-order chi connectivity index (χ1) is 55.8. The van der Waals surface area contributed by atoms with Gasteiger partial charge in [0, 0.05) is 320 Å². The van der Waals surface area contributed by atoms with Crippen molar-refractivity contribution in [2.75, 3.05) is 0 Å². The summed E-state index contributed by atoms with van der Waals surface area (Å²) in [6.45, 7) is 4.20. The molecule has 0 aliphatic carbocycles. The molecule has 0 rings (SSSR count). The van der Waals surface area contributed by atoms with Gasteiger partial charge in [-0.15, -0.1) is 17.5 Å². The Morgan fingerprint density at radius 2 is 0.125 bits per heavy atom. The fourth-order valence-corrected chi connectivity index (χ4v) is 3.62. The smallest absolute Gasteiger partial charge is 0.106 e. The zero-order valence-corrected chi connectivity index (χ0v) is 57.6. The van der Waals surface area contributed by atoms with Crippen molar-refractivity contribution in [2.45, 2.75) is 20.8 Å². The second-order valence-electron chi connectivity index (χ2n) is 14.4. The molecule has 0 spiro atoms. The third-order valence-electron chi connectivity index (χ3n) is 7.21. The first-order valence-corrected chi connectivity index (χ1v) is 28.6. The van der Waals surface area contributed by atoms with Gasteiger partial charge in [0.1, 0.15) is 0 Å². The molecule has 0 heterocycles. The average molecular weight is 1350 g/mol. The van der Waals surface area contributed by atoms with Gasteiger partial charge in [-0.2, -0.15) is 0 Å². The van der Waals surface area contributed by atoms with Crippen molar-refractivity contribution in [1.82, 2.24) is 0 Å². The second kappa shape index (κ2) is 85.3. The molecular weight excluding hydrogens is 1340 g/mol. The second-order valence-corrected chi connectivity index (χ2v) is 14.4. The highest BCUT2D eigenvalue weighted by atomic mass is 13.7. The number of hydrogen-bond donors (Lipinski definition) is 0. The van der Waals surface area contributed by atoms with E-state index >= 15 is 0 Å². The molecule has 0 unspecified atom stereocenters. The van der Waals surface area contributed by atoms with E-state index in [1.165, 1.54) is 0 Å². The summed E-state index contributed by atoms with van der Waals surface area (Å²) in [6.07, 6.45) is 0. The van der Waals surface area contributed by atoms with Crippen LogP contribution >= 0.6 is 0 Å². The molecule has 0 nitrogen and oxygen atoms in total. The zero-order chi connectivity index (χ0) is 79.9. The first kappa shape index (κ1) is 88.3. The summed E-state index contributed by atoms with van der Waals surface area (Å²) in [4.78, 5) is 0. The van der Waals surface area contributed by atoms with Crippen LogP contribution in [0.5, 0.6) is 0 Å². The Morgan fingerprint density at radius 3 is 0.188 bits per heavy atom. The molecule has 0 N–H and O–H groups in total. The van der Waals surface area contributed by atoms with Gasteiger partial charge in [-0.3, -0.25) is 0 Å². The molecule has 0 aliphatic heterocycles. The van der Waals surface area contributed by atoms with Crippen molar-refractivity contribution >= 4 is 6.71 Å².